The van der Waals surface area contributed by atoms with Crippen molar-refractivity contribution in [3.8, 4) is 11.5 Å². The van der Waals surface area contributed by atoms with Crippen molar-refractivity contribution in [1.29, 1.82) is 0 Å². The number of fused-ring (bicyclic) bond motifs is 2. The maximum Gasteiger partial charge on any atom is 0.416 e. The summed E-state index contributed by atoms with van der Waals surface area (Å²) >= 11 is 0. The van der Waals surface area contributed by atoms with Gasteiger partial charge in [0.15, 0.2) is 5.75 Å². The van der Waals surface area contributed by atoms with Crippen LogP contribution in [0.3, 0.4) is 0 Å². The maximum atomic E-state index is 12.7. The zero-order chi connectivity index (χ0) is 22.4. The number of nitrogens with one attached hydrogen (secondary N) is 2. The molecule has 1 amide bonds. The summed E-state index contributed by atoms with van der Waals surface area (Å²) < 4.78 is 71.3. The lowest BCUT2D eigenvalue weighted by molar-refractivity contribution is -0.137. The second-order valence-electron chi connectivity index (χ2n) is 6.89. The van der Waals surface area contributed by atoms with Crippen molar-refractivity contribution >= 4 is 27.3 Å². The van der Waals surface area contributed by atoms with E-state index in [0.717, 1.165) is 17.7 Å². The van der Waals surface area contributed by atoms with Crippen molar-refractivity contribution < 1.29 is 31.1 Å². The van der Waals surface area contributed by atoms with E-state index >= 15 is 0 Å². The van der Waals surface area contributed by atoms with Gasteiger partial charge in [0.1, 0.15) is 5.75 Å². The maximum absolute atomic E-state index is 12.7. The van der Waals surface area contributed by atoms with Crippen LogP contribution in [0.15, 0.2) is 65.6 Å². The smallest absolute Gasteiger partial charge is 0.416 e. The number of rotatable bonds is 3. The first kappa shape index (κ1) is 20.7. The Hall–Kier alpha value is -3.53. The lowest BCUT2D eigenvalue weighted by atomic mass is 10.1. The molecule has 0 fully saturated rings. The number of benzene rings is 3. The second kappa shape index (κ2) is 7.31. The van der Waals surface area contributed by atoms with E-state index in [9.17, 15) is 26.4 Å². The average Bonchev–Trinajstić information content (AvgIpc) is 2.83. The Morgan fingerprint density at radius 1 is 0.935 bits per heavy atom. The summed E-state index contributed by atoms with van der Waals surface area (Å²) in [4.78, 5) is 12.3. The number of anilines is 2. The number of aryl methyl sites for hydroxylation is 1. The summed E-state index contributed by atoms with van der Waals surface area (Å²) in [6.07, 6.45) is -4.57. The molecule has 3 aromatic rings. The minimum absolute atomic E-state index is 0.0551. The Bertz CT molecular complexity index is 1290. The van der Waals surface area contributed by atoms with Gasteiger partial charge in [0.2, 0.25) is 0 Å². The fourth-order valence-electron chi connectivity index (χ4n) is 3.04. The summed E-state index contributed by atoms with van der Waals surface area (Å²) in [5, 5.41) is 2.71. The molecular weight excluding hydrogens is 433 g/mol. The van der Waals surface area contributed by atoms with Gasteiger partial charge in [-0.2, -0.15) is 13.2 Å². The highest BCUT2D eigenvalue weighted by Crippen LogP contribution is 2.37. The SMILES string of the molecule is Cc1ccc2c(c1)NC(=O)c1cc(NS(=O)(=O)c3ccc(C(F)(F)F)cc3)ccc1O2. The van der Waals surface area contributed by atoms with Crippen molar-refractivity contribution in [3.05, 3.63) is 77.4 Å². The van der Waals surface area contributed by atoms with Crippen LogP contribution in [0.25, 0.3) is 0 Å². The van der Waals surface area contributed by atoms with E-state index in [1.54, 1.807) is 12.1 Å². The number of hydrogen-bond donors (Lipinski definition) is 2. The molecule has 0 atom stereocenters. The lowest BCUT2D eigenvalue weighted by Gasteiger charge is -2.12. The van der Waals surface area contributed by atoms with E-state index in [4.69, 9.17) is 4.74 Å². The normalized spacial score (nSPS) is 13.4. The quantitative estimate of drug-likeness (QED) is 0.579. The van der Waals surface area contributed by atoms with Gasteiger partial charge in [-0.25, -0.2) is 8.42 Å². The van der Waals surface area contributed by atoms with Crippen LogP contribution >= 0.6 is 0 Å². The zero-order valence-electron chi connectivity index (χ0n) is 15.9. The topological polar surface area (TPSA) is 84.5 Å². The van der Waals surface area contributed by atoms with Gasteiger partial charge >= 0.3 is 6.18 Å². The Balaban J connectivity index is 1.62. The molecule has 10 heteroatoms. The molecular formula is C21H15F3N2O4S. The van der Waals surface area contributed by atoms with Crippen LogP contribution < -0.4 is 14.8 Å². The fourth-order valence-corrected chi connectivity index (χ4v) is 4.09. The predicted molar refractivity (Wildman–Crippen MR) is 108 cm³/mol. The molecule has 6 nitrogen and oxygen atoms in total. The Kier molecular flexibility index (Phi) is 4.89. The van der Waals surface area contributed by atoms with Crippen LogP contribution in [-0.2, 0) is 16.2 Å². The number of alkyl halides is 3. The first-order valence-electron chi connectivity index (χ1n) is 8.97. The first-order chi connectivity index (χ1) is 14.5. The highest BCUT2D eigenvalue weighted by atomic mass is 32.2. The van der Waals surface area contributed by atoms with E-state index in [1.165, 1.54) is 18.2 Å². The predicted octanol–water partition coefficient (Wildman–Crippen LogP) is 5.17. The molecule has 0 unspecified atom stereocenters. The van der Waals surface area contributed by atoms with Crippen LogP contribution in [0, 0.1) is 6.92 Å². The van der Waals surface area contributed by atoms with E-state index in [-0.39, 0.29) is 21.9 Å². The number of hydrogen-bond acceptors (Lipinski definition) is 4. The molecule has 0 bridgehead atoms. The minimum Gasteiger partial charge on any atom is -0.454 e. The number of amides is 1. The first-order valence-corrected chi connectivity index (χ1v) is 10.5. The molecule has 1 aliphatic rings. The summed E-state index contributed by atoms with van der Waals surface area (Å²) in [6, 6.07) is 12.5. The number of ether oxygens (including phenoxy) is 1. The average molecular weight is 448 g/mol. The Morgan fingerprint density at radius 3 is 2.29 bits per heavy atom. The van der Waals surface area contributed by atoms with E-state index in [1.807, 2.05) is 13.0 Å². The molecule has 2 N–H and O–H groups in total. The number of halogens is 3. The van der Waals surface area contributed by atoms with Crippen molar-refractivity contribution in [1.82, 2.24) is 0 Å². The largest absolute Gasteiger partial charge is 0.454 e. The molecule has 31 heavy (non-hydrogen) atoms. The zero-order valence-corrected chi connectivity index (χ0v) is 16.8. The molecule has 1 heterocycles. The van der Waals surface area contributed by atoms with E-state index in [0.29, 0.717) is 23.6 Å². The van der Waals surface area contributed by atoms with Gasteiger partial charge in [-0.3, -0.25) is 9.52 Å². The molecule has 1 aliphatic heterocycles. The lowest BCUT2D eigenvalue weighted by Crippen LogP contribution is -2.15. The third-order valence-electron chi connectivity index (χ3n) is 4.57. The summed E-state index contributed by atoms with van der Waals surface area (Å²) in [5.41, 5.74) is 0.591. The molecule has 0 aliphatic carbocycles. The second-order valence-corrected chi connectivity index (χ2v) is 8.58. The Labute approximate surface area is 175 Å². The van der Waals surface area contributed by atoms with E-state index < -0.39 is 27.7 Å². The van der Waals surface area contributed by atoms with Crippen LogP contribution in [-0.4, -0.2) is 14.3 Å². The summed E-state index contributed by atoms with van der Waals surface area (Å²) in [7, 11) is -4.18. The molecule has 0 saturated heterocycles. The minimum atomic E-state index is -4.57. The van der Waals surface area contributed by atoms with Gasteiger partial charge in [-0.05, 0) is 67.1 Å². The van der Waals surface area contributed by atoms with Gasteiger partial charge in [-0.15, -0.1) is 0 Å². The Morgan fingerprint density at radius 2 is 1.61 bits per heavy atom. The third-order valence-corrected chi connectivity index (χ3v) is 5.97. The standard InChI is InChI=1S/C21H15F3N2O4S/c1-12-2-8-19-17(10-12)25-20(27)16-11-14(5-9-18(16)30-19)26-31(28,29)15-6-3-13(4-7-15)21(22,23)24/h2-11,26H,1H3,(H,25,27). The summed E-state index contributed by atoms with van der Waals surface area (Å²) in [5.74, 6) is 0.184. The van der Waals surface area contributed by atoms with Crippen molar-refractivity contribution in [2.24, 2.45) is 0 Å². The van der Waals surface area contributed by atoms with Crippen LogP contribution in [0.1, 0.15) is 21.5 Å². The highest BCUT2D eigenvalue weighted by molar-refractivity contribution is 7.92. The number of carbonyl (C=O) groups excluding carboxylic acids is 1. The van der Waals surface area contributed by atoms with Gasteiger partial charge < -0.3 is 10.1 Å². The van der Waals surface area contributed by atoms with Crippen LogP contribution in [0.2, 0.25) is 0 Å². The van der Waals surface area contributed by atoms with Crippen molar-refractivity contribution in [2.75, 3.05) is 10.0 Å². The molecule has 0 radical (unpaired) electrons. The van der Waals surface area contributed by atoms with E-state index in [2.05, 4.69) is 10.0 Å². The van der Waals surface area contributed by atoms with Crippen LogP contribution in [0.5, 0.6) is 11.5 Å². The molecule has 0 saturated carbocycles. The molecule has 4 rings (SSSR count). The number of carbonyl (C=O) groups is 1. The van der Waals surface area contributed by atoms with Crippen molar-refractivity contribution in [3.63, 3.8) is 0 Å². The monoisotopic (exact) mass is 448 g/mol. The summed E-state index contributed by atoms with van der Waals surface area (Å²) in [6.45, 7) is 1.86. The third kappa shape index (κ3) is 4.19. The molecule has 160 valence electrons. The van der Waals surface area contributed by atoms with Crippen LogP contribution in [0.4, 0.5) is 24.5 Å². The molecule has 0 spiro atoms. The molecule has 3 aromatic carbocycles. The number of sulfonamides is 1. The molecule has 0 aromatic heterocycles. The van der Waals surface area contributed by atoms with Gasteiger partial charge in [0, 0.05) is 5.69 Å². The highest BCUT2D eigenvalue weighted by Gasteiger charge is 2.30. The van der Waals surface area contributed by atoms with Crippen molar-refractivity contribution in [2.45, 2.75) is 18.0 Å². The fraction of sp³-hybridized carbons (Fsp3) is 0.0952. The van der Waals surface area contributed by atoms with Gasteiger partial charge in [-0.1, -0.05) is 6.07 Å². The van der Waals surface area contributed by atoms with Gasteiger partial charge in [0.25, 0.3) is 15.9 Å². The van der Waals surface area contributed by atoms with Gasteiger partial charge in [0.05, 0.1) is 21.7 Å².